The lowest BCUT2D eigenvalue weighted by Gasteiger charge is -2.13. The molecule has 1 unspecified atom stereocenters. The van der Waals surface area contributed by atoms with Crippen molar-refractivity contribution in [2.75, 3.05) is 13.7 Å². The zero-order chi connectivity index (χ0) is 15.2. The third kappa shape index (κ3) is 3.47. The normalized spacial score (nSPS) is 11.8. The van der Waals surface area contributed by atoms with Crippen molar-refractivity contribution in [3.8, 4) is 11.5 Å². The van der Waals surface area contributed by atoms with Gasteiger partial charge in [0.15, 0.2) is 17.3 Å². The van der Waals surface area contributed by atoms with Crippen LogP contribution in [-0.2, 0) is 0 Å². The molecule has 1 aromatic carbocycles. The average Bonchev–Trinajstić information content (AvgIpc) is 3.01. The van der Waals surface area contributed by atoms with Crippen molar-refractivity contribution in [2.24, 2.45) is 0 Å². The Balaban J connectivity index is 2.13. The van der Waals surface area contributed by atoms with Gasteiger partial charge in [-0.15, -0.1) is 10.2 Å². The van der Waals surface area contributed by atoms with E-state index in [1.807, 2.05) is 6.92 Å². The van der Waals surface area contributed by atoms with Crippen LogP contribution in [0.15, 0.2) is 18.2 Å². The molecular weight excluding hydrogens is 274 g/mol. The summed E-state index contributed by atoms with van der Waals surface area (Å²) in [5.41, 5.74) is 0.467. The number of aromatic amines is 1. The van der Waals surface area contributed by atoms with Crippen LogP contribution in [-0.4, -0.2) is 40.2 Å². The van der Waals surface area contributed by atoms with E-state index in [0.717, 1.165) is 0 Å². The van der Waals surface area contributed by atoms with Gasteiger partial charge in [0, 0.05) is 5.56 Å². The quantitative estimate of drug-likeness (QED) is 0.826. The minimum absolute atomic E-state index is 0.254. The minimum Gasteiger partial charge on any atom is -0.493 e. The summed E-state index contributed by atoms with van der Waals surface area (Å²) >= 11 is 0. The Morgan fingerprint density at radius 2 is 2.24 bits per heavy atom. The Morgan fingerprint density at radius 3 is 2.86 bits per heavy atom. The van der Waals surface area contributed by atoms with Crippen LogP contribution in [0.3, 0.4) is 0 Å². The Kier molecular flexibility index (Phi) is 4.70. The molecule has 2 N–H and O–H groups in total. The van der Waals surface area contributed by atoms with Gasteiger partial charge in [0.2, 0.25) is 0 Å². The Morgan fingerprint density at radius 1 is 1.43 bits per heavy atom. The van der Waals surface area contributed by atoms with Gasteiger partial charge in [0.1, 0.15) is 0 Å². The fourth-order valence-corrected chi connectivity index (χ4v) is 1.78. The molecule has 0 radical (unpaired) electrons. The van der Waals surface area contributed by atoms with Gasteiger partial charge >= 0.3 is 0 Å². The highest BCUT2D eigenvalue weighted by Gasteiger charge is 2.16. The standard InChI is InChI=1S/C13H17N5O3/c1-4-21-11-7-9(5-6-10(11)20-3)13(19)14-8(2)12-15-17-18-16-12/h5-8H,4H2,1-3H3,(H,14,19)(H,15,16,17,18). The van der Waals surface area contributed by atoms with Crippen LogP contribution in [0.4, 0.5) is 0 Å². The van der Waals surface area contributed by atoms with Crippen LogP contribution < -0.4 is 14.8 Å². The van der Waals surface area contributed by atoms with Crippen LogP contribution in [0.2, 0.25) is 0 Å². The van der Waals surface area contributed by atoms with Gasteiger partial charge in [-0.05, 0) is 32.0 Å². The van der Waals surface area contributed by atoms with E-state index in [1.165, 1.54) is 0 Å². The maximum Gasteiger partial charge on any atom is 0.252 e. The summed E-state index contributed by atoms with van der Waals surface area (Å²) in [6.07, 6.45) is 0. The summed E-state index contributed by atoms with van der Waals surface area (Å²) < 4.78 is 10.6. The maximum absolute atomic E-state index is 12.2. The zero-order valence-electron chi connectivity index (χ0n) is 12.1. The number of aromatic nitrogens is 4. The number of benzene rings is 1. The molecule has 0 aliphatic carbocycles. The van der Waals surface area contributed by atoms with Gasteiger partial charge in [-0.1, -0.05) is 5.21 Å². The number of hydrogen-bond donors (Lipinski definition) is 2. The number of methoxy groups -OCH3 is 1. The van der Waals surface area contributed by atoms with Gasteiger partial charge in [-0.3, -0.25) is 4.79 Å². The van der Waals surface area contributed by atoms with Crippen LogP contribution in [0.25, 0.3) is 0 Å². The van der Waals surface area contributed by atoms with E-state index in [9.17, 15) is 4.79 Å². The first-order valence-corrected chi connectivity index (χ1v) is 6.50. The molecule has 0 fully saturated rings. The second kappa shape index (κ2) is 6.69. The first-order chi connectivity index (χ1) is 10.2. The molecule has 0 saturated carbocycles. The number of carbonyl (C=O) groups excluding carboxylic acids is 1. The second-order valence-electron chi connectivity index (χ2n) is 4.26. The van der Waals surface area contributed by atoms with E-state index < -0.39 is 0 Å². The SMILES string of the molecule is CCOc1cc(C(=O)NC(C)c2nn[nH]n2)ccc1OC. The topological polar surface area (TPSA) is 102 Å². The molecule has 8 nitrogen and oxygen atoms in total. The molecule has 1 atom stereocenters. The highest BCUT2D eigenvalue weighted by molar-refractivity contribution is 5.95. The minimum atomic E-state index is -0.353. The number of nitrogens with zero attached hydrogens (tertiary/aromatic N) is 3. The van der Waals surface area contributed by atoms with E-state index in [1.54, 1.807) is 32.2 Å². The van der Waals surface area contributed by atoms with Crippen molar-refractivity contribution in [1.82, 2.24) is 25.9 Å². The fraction of sp³-hybridized carbons (Fsp3) is 0.385. The first-order valence-electron chi connectivity index (χ1n) is 6.50. The molecule has 0 aliphatic rings. The average molecular weight is 291 g/mol. The van der Waals surface area contributed by atoms with Crippen molar-refractivity contribution < 1.29 is 14.3 Å². The van der Waals surface area contributed by atoms with E-state index >= 15 is 0 Å². The summed E-state index contributed by atoms with van der Waals surface area (Å²) in [6, 6.07) is 4.65. The number of ether oxygens (including phenoxy) is 2. The number of carbonyl (C=O) groups is 1. The van der Waals surface area contributed by atoms with Crippen molar-refractivity contribution in [1.29, 1.82) is 0 Å². The Hall–Kier alpha value is -2.64. The van der Waals surface area contributed by atoms with E-state index in [-0.39, 0.29) is 11.9 Å². The first kappa shape index (κ1) is 14.8. The lowest BCUT2D eigenvalue weighted by molar-refractivity contribution is 0.0937. The van der Waals surface area contributed by atoms with Crippen LogP contribution >= 0.6 is 0 Å². The molecule has 1 heterocycles. The molecule has 1 amide bonds. The number of amides is 1. The van der Waals surface area contributed by atoms with Gasteiger partial charge < -0.3 is 14.8 Å². The molecule has 0 bridgehead atoms. The predicted octanol–water partition coefficient (Wildman–Crippen LogP) is 1.10. The molecule has 1 aromatic heterocycles. The smallest absolute Gasteiger partial charge is 0.252 e. The van der Waals surface area contributed by atoms with Gasteiger partial charge in [-0.25, -0.2) is 0 Å². The van der Waals surface area contributed by atoms with E-state index in [2.05, 4.69) is 25.9 Å². The van der Waals surface area contributed by atoms with Crippen molar-refractivity contribution in [2.45, 2.75) is 19.9 Å². The highest BCUT2D eigenvalue weighted by Crippen LogP contribution is 2.28. The monoisotopic (exact) mass is 291 g/mol. The van der Waals surface area contributed by atoms with Gasteiger partial charge in [-0.2, -0.15) is 5.21 Å². The summed E-state index contributed by atoms with van der Waals surface area (Å²) in [6.45, 7) is 4.13. The van der Waals surface area contributed by atoms with Crippen LogP contribution in [0.1, 0.15) is 36.1 Å². The van der Waals surface area contributed by atoms with Gasteiger partial charge in [0.05, 0.1) is 19.8 Å². The third-order valence-corrected chi connectivity index (χ3v) is 2.82. The van der Waals surface area contributed by atoms with Crippen molar-refractivity contribution >= 4 is 5.91 Å². The zero-order valence-corrected chi connectivity index (χ0v) is 12.1. The molecule has 0 saturated heterocycles. The lowest BCUT2D eigenvalue weighted by Crippen LogP contribution is -2.27. The number of rotatable bonds is 6. The van der Waals surface area contributed by atoms with Gasteiger partial charge in [0.25, 0.3) is 5.91 Å². The summed E-state index contributed by atoms with van der Waals surface area (Å²) in [5.74, 6) is 1.28. The molecule has 112 valence electrons. The molecule has 2 rings (SSSR count). The van der Waals surface area contributed by atoms with Crippen molar-refractivity contribution in [3.05, 3.63) is 29.6 Å². The van der Waals surface area contributed by atoms with E-state index in [4.69, 9.17) is 9.47 Å². The highest BCUT2D eigenvalue weighted by atomic mass is 16.5. The molecule has 0 spiro atoms. The molecule has 8 heteroatoms. The number of H-pyrrole nitrogens is 1. The molecule has 21 heavy (non-hydrogen) atoms. The molecule has 2 aromatic rings. The van der Waals surface area contributed by atoms with Crippen LogP contribution in [0.5, 0.6) is 11.5 Å². The fourth-order valence-electron chi connectivity index (χ4n) is 1.78. The number of tetrazole rings is 1. The van der Waals surface area contributed by atoms with Crippen LogP contribution in [0, 0.1) is 0 Å². The predicted molar refractivity (Wildman–Crippen MR) is 74.2 cm³/mol. The summed E-state index contributed by atoms with van der Waals surface area (Å²) in [4.78, 5) is 12.2. The summed E-state index contributed by atoms with van der Waals surface area (Å²) in [7, 11) is 1.55. The number of nitrogens with one attached hydrogen (secondary N) is 2. The largest absolute Gasteiger partial charge is 0.493 e. The van der Waals surface area contributed by atoms with E-state index in [0.29, 0.717) is 29.5 Å². The van der Waals surface area contributed by atoms with Crippen molar-refractivity contribution in [3.63, 3.8) is 0 Å². The summed E-state index contributed by atoms with van der Waals surface area (Å²) in [5, 5.41) is 16.3. The second-order valence-corrected chi connectivity index (χ2v) is 4.26. The lowest BCUT2D eigenvalue weighted by atomic mass is 10.1. The number of hydrogen-bond acceptors (Lipinski definition) is 6. The third-order valence-electron chi connectivity index (χ3n) is 2.82. The molecule has 0 aliphatic heterocycles. The Labute approximate surface area is 121 Å². The maximum atomic E-state index is 12.2. The molecular formula is C13H17N5O3. The Bertz CT molecular complexity index is 600.